The number of methoxy groups -OCH3 is 1. The summed E-state index contributed by atoms with van der Waals surface area (Å²) in [5.41, 5.74) is -6.67. The molecule has 1 fully saturated rings. The number of aliphatic hydroxyl groups excluding tert-OH is 1. The standard InChI is InChI=1S/C29H35ClF3N3O8/c1-15(37)12-42-19-9-6-16(10-20(19)41-5)24(38)34-13-28(40,29(31,32)33)21-11-18-22(23(30)35-21)43-14-27(18,17-7-8-17)36-25(39)44-26(2,3)4/h6,9-11,15,17,37,40H,7-8,12-14H2,1-5H3,(H,34,38)(H,36,39)/t15-,27?,28?/m1/s1. The van der Waals surface area contributed by atoms with E-state index in [4.69, 9.17) is 30.5 Å². The number of rotatable bonds is 10. The van der Waals surface area contributed by atoms with E-state index in [1.54, 1.807) is 20.8 Å². The van der Waals surface area contributed by atoms with Crippen molar-refractivity contribution in [1.29, 1.82) is 0 Å². The number of aliphatic hydroxyl groups is 2. The summed E-state index contributed by atoms with van der Waals surface area (Å²) in [4.78, 5) is 29.5. The Hall–Kier alpha value is -3.49. The third kappa shape index (κ3) is 6.92. The monoisotopic (exact) mass is 645 g/mol. The van der Waals surface area contributed by atoms with Gasteiger partial charge in [-0.25, -0.2) is 9.78 Å². The molecular weight excluding hydrogens is 611 g/mol. The molecular formula is C29H35ClF3N3O8. The lowest BCUT2D eigenvalue weighted by Gasteiger charge is -2.33. The Labute approximate surface area is 257 Å². The lowest BCUT2D eigenvalue weighted by molar-refractivity contribution is -0.265. The molecule has 4 rings (SSSR count). The second-order valence-electron chi connectivity index (χ2n) is 11.9. The van der Waals surface area contributed by atoms with Gasteiger partial charge in [0.1, 0.15) is 24.4 Å². The average Bonchev–Trinajstić information content (AvgIpc) is 3.71. The van der Waals surface area contributed by atoms with Crippen LogP contribution in [0.5, 0.6) is 17.2 Å². The Morgan fingerprint density at radius 2 is 1.89 bits per heavy atom. The summed E-state index contributed by atoms with van der Waals surface area (Å²) < 4.78 is 65.4. The number of amides is 2. The van der Waals surface area contributed by atoms with Gasteiger partial charge in [0.25, 0.3) is 5.91 Å². The van der Waals surface area contributed by atoms with Crippen LogP contribution in [-0.2, 0) is 15.9 Å². The lowest BCUT2D eigenvalue weighted by Crippen LogP contribution is -2.52. The van der Waals surface area contributed by atoms with E-state index in [-0.39, 0.29) is 47.5 Å². The molecule has 2 amide bonds. The van der Waals surface area contributed by atoms with Gasteiger partial charge >= 0.3 is 12.3 Å². The first-order valence-corrected chi connectivity index (χ1v) is 14.2. The Kier molecular flexibility index (Phi) is 9.21. The molecule has 3 atom stereocenters. The quantitative estimate of drug-likeness (QED) is 0.279. The van der Waals surface area contributed by atoms with Crippen LogP contribution in [0.1, 0.15) is 62.2 Å². The van der Waals surface area contributed by atoms with E-state index in [1.807, 2.05) is 0 Å². The van der Waals surface area contributed by atoms with Crippen molar-refractivity contribution >= 4 is 23.6 Å². The van der Waals surface area contributed by atoms with E-state index in [0.29, 0.717) is 12.8 Å². The second-order valence-corrected chi connectivity index (χ2v) is 12.3. The van der Waals surface area contributed by atoms with Crippen molar-refractivity contribution in [2.45, 2.75) is 69.6 Å². The van der Waals surface area contributed by atoms with E-state index in [1.165, 1.54) is 32.2 Å². The van der Waals surface area contributed by atoms with Gasteiger partial charge in [-0.3, -0.25) is 4.79 Å². The number of benzene rings is 1. The van der Waals surface area contributed by atoms with Gasteiger partial charge in [0.2, 0.25) is 5.60 Å². The van der Waals surface area contributed by atoms with Gasteiger partial charge in [0.15, 0.2) is 22.4 Å². The fourth-order valence-corrected chi connectivity index (χ4v) is 5.08. The molecule has 1 aliphatic carbocycles. The maximum Gasteiger partial charge on any atom is 0.424 e. The summed E-state index contributed by atoms with van der Waals surface area (Å²) in [6.45, 7) is 5.01. The second kappa shape index (κ2) is 12.1. The number of nitrogens with zero attached hydrogens (tertiary/aromatic N) is 1. The van der Waals surface area contributed by atoms with Crippen LogP contribution in [0.3, 0.4) is 0 Å². The molecule has 2 heterocycles. The molecule has 0 bridgehead atoms. The molecule has 1 aromatic heterocycles. The number of carbonyl (C=O) groups excluding carboxylic acids is 2. The largest absolute Gasteiger partial charge is 0.493 e. The van der Waals surface area contributed by atoms with E-state index in [0.717, 1.165) is 6.07 Å². The van der Waals surface area contributed by atoms with Crippen LogP contribution in [0.4, 0.5) is 18.0 Å². The maximum atomic E-state index is 14.5. The van der Waals surface area contributed by atoms with E-state index < -0.39 is 58.4 Å². The molecule has 1 aromatic carbocycles. The fourth-order valence-electron chi connectivity index (χ4n) is 4.84. The molecule has 242 valence electrons. The van der Waals surface area contributed by atoms with E-state index >= 15 is 0 Å². The average molecular weight is 646 g/mol. The number of hydrogen-bond donors (Lipinski definition) is 4. The van der Waals surface area contributed by atoms with E-state index in [9.17, 15) is 33.0 Å². The van der Waals surface area contributed by atoms with Crippen molar-refractivity contribution in [2.24, 2.45) is 5.92 Å². The molecule has 2 aliphatic rings. The number of alkyl carbamates (subject to hydrolysis) is 1. The van der Waals surface area contributed by atoms with Crippen LogP contribution in [-0.4, -0.2) is 71.9 Å². The van der Waals surface area contributed by atoms with Crippen molar-refractivity contribution in [2.75, 3.05) is 26.9 Å². The van der Waals surface area contributed by atoms with Crippen molar-refractivity contribution in [1.82, 2.24) is 15.6 Å². The first-order chi connectivity index (χ1) is 20.4. The summed E-state index contributed by atoms with van der Waals surface area (Å²) >= 11 is 6.29. The van der Waals surface area contributed by atoms with Crippen LogP contribution in [0.15, 0.2) is 24.3 Å². The number of pyridine rings is 1. The van der Waals surface area contributed by atoms with Crippen molar-refractivity contribution < 1.29 is 51.9 Å². The summed E-state index contributed by atoms with van der Waals surface area (Å²) in [6.07, 6.45) is -5.59. The molecule has 0 spiro atoms. The number of fused-ring (bicyclic) bond motifs is 1. The Morgan fingerprint density at radius 3 is 2.45 bits per heavy atom. The number of nitrogens with one attached hydrogen (secondary N) is 2. The highest BCUT2D eigenvalue weighted by molar-refractivity contribution is 6.31. The minimum Gasteiger partial charge on any atom is -0.493 e. The highest BCUT2D eigenvalue weighted by Gasteiger charge is 2.59. The SMILES string of the molecule is COc1cc(C(=O)NCC(O)(c2cc3c(c(Cl)n2)OCC3(NC(=O)OC(C)(C)C)C2CC2)C(F)(F)F)ccc1OC[C@@H](C)O. The normalized spacial score (nSPS) is 20.1. The summed E-state index contributed by atoms with van der Waals surface area (Å²) in [6, 6.07) is 4.90. The molecule has 0 radical (unpaired) electrons. The zero-order valence-electron chi connectivity index (χ0n) is 24.8. The summed E-state index contributed by atoms with van der Waals surface area (Å²) in [5.74, 6) is -0.858. The number of alkyl halides is 3. The topological polar surface area (TPSA) is 148 Å². The van der Waals surface area contributed by atoms with Gasteiger partial charge in [0, 0.05) is 11.1 Å². The maximum absolute atomic E-state index is 14.5. The van der Waals surface area contributed by atoms with Gasteiger partial charge in [-0.2, -0.15) is 13.2 Å². The molecule has 0 saturated heterocycles. The molecule has 44 heavy (non-hydrogen) atoms. The molecule has 2 aromatic rings. The predicted octanol–water partition coefficient (Wildman–Crippen LogP) is 4.21. The Bertz CT molecular complexity index is 1410. The third-order valence-corrected chi connectivity index (χ3v) is 7.41. The first-order valence-electron chi connectivity index (χ1n) is 13.8. The summed E-state index contributed by atoms with van der Waals surface area (Å²) in [7, 11) is 1.31. The number of ether oxygens (including phenoxy) is 4. The number of halogens is 4. The highest BCUT2D eigenvalue weighted by atomic mass is 35.5. The van der Waals surface area contributed by atoms with Gasteiger partial charge in [0.05, 0.1) is 25.5 Å². The molecule has 2 unspecified atom stereocenters. The van der Waals surface area contributed by atoms with Crippen LogP contribution in [0.2, 0.25) is 5.15 Å². The van der Waals surface area contributed by atoms with Gasteiger partial charge in [-0.15, -0.1) is 0 Å². The van der Waals surface area contributed by atoms with Gasteiger partial charge in [-0.05, 0) is 70.7 Å². The molecule has 4 N–H and O–H groups in total. The number of carbonyl (C=O) groups is 2. The smallest absolute Gasteiger partial charge is 0.424 e. The zero-order chi connectivity index (χ0) is 32.7. The number of aromatic nitrogens is 1. The van der Waals surface area contributed by atoms with Crippen LogP contribution in [0, 0.1) is 5.92 Å². The minimum absolute atomic E-state index is 0.0167. The van der Waals surface area contributed by atoms with Crippen LogP contribution < -0.4 is 24.8 Å². The van der Waals surface area contributed by atoms with Crippen molar-refractivity contribution in [3.05, 3.63) is 46.2 Å². The van der Waals surface area contributed by atoms with Gasteiger partial charge < -0.3 is 39.8 Å². The van der Waals surface area contributed by atoms with Gasteiger partial charge in [-0.1, -0.05) is 11.6 Å². The van der Waals surface area contributed by atoms with Crippen LogP contribution >= 0.6 is 11.6 Å². The predicted molar refractivity (Wildman–Crippen MR) is 151 cm³/mol. The first kappa shape index (κ1) is 33.4. The molecule has 1 aliphatic heterocycles. The molecule has 15 heteroatoms. The Morgan fingerprint density at radius 1 is 1.20 bits per heavy atom. The Balaban J connectivity index is 1.64. The number of hydrogen-bond acceptors (Lipinski definition) is 9. The summed E-state index contributed by atoms with van der Waals surface area (Å²) in [5, 5.41) is 25.0. The van der Waals surface area contributed by atoms with Crippen LogP contribution in [0.25, 0.3) is 0 Å². The molecule has 11 nitrogen and oxygen atoms in total. The lowest BCUT2D eigenvalue weighted by atomic mass is 9.85. The molecule has 1 saturated carbocycles. The fraction of sp³-hybridized carbons (Fsp3) is 0.552. The highest BCUT2D eigenvalue weighted by Crippen LogP contribution is 2.54. The van der Waals surface area contributed by atoms with Crippen molar-refractivity contribution in [3.63, 3.8) is 0 Å². The van der Waals surface area contributed by atoms with Crippen molar-refractivity contribution in [3.8, 4) is 17.2 Å². The zero-order valence-corrected chi connectivity index (χ0v) is 25.6. The minimum atomic E-state index is -5.32. The van der Waals surface area contributed by atoms with E-state index in [2.05, 4.69) is 15.6 Å². The third-order valence-electron chi connectivity index (χ3n) is 7.16.